The molecule has 10 heteroatoms. The lowest BCUT2D eigenvalue weighted by atomic mass is 10.1. The Morgan fingerprint density at radius 2 is 1.46 bits per heavy atom. The summed E-state index contributed by atoms with van der Waals surface area (Å²) >= 11 is 0. The van der Waals surface area contributed by atoms with Gasteiger partial charge in [0.1, 0.15) is 4.90 Å². The van der Waals surface area contributed by atoms with Crippen LogP contribution in [-0.2, 0) is 19.9 Å². The van der Waals surface area contributed by atoms with Crippen LogP contribution in [0, 0.1) is 0 Å². The van der Waals surface area contributed by atoms with Gasteiger partial charge >= 0.3 is 5.76 Å². The molecule has 1 atom stereocenters. The molecular formula is C18H20F2N2O4S2. The Morgan fingerprint density at radius 3 is 2.07 bits per heavy atom. The Labute approximate surface area is 163 Å². The van der Waals surface area contributed by atoms with Gasteiger partial charge in [-0.25, -0.2) is 16.8 Å². The molecule has 3 rings (SSSR count). The molecule has 2 aromatic carbocycles. The van der Waals surface area contributed by atoms with Gasteiger partial charge in [0.05, 0.1) is 10.9 Å². The first kappa shape index (κ1) is 20.8. The molecule has 1 unspecified atom stereocenters. The zero-order valence-corrected chi connectivity index (χ0v) is 16.7. The molecule has 0 amide bonds. The summed E-state index contributed by atoms with van der Waals surface area (Å²) in [6.45, 7) is 0.945. The Balaban J connectivity index is 2.12. The van der Waals surface area contributed by atoms with E-state index >= 15 is 0 Å². The summed E-state index contributed by atoms with van der Waals surface area (Å²) in [4.78, 5) is 0.461. The lowest BCUT2D eigenvalue weighted by molar-refractivity contribution is 0.160. The highest BCUT2D eigenvalue weighted by Gasteiger charge is 2.40. The van der Waals surface area contributed by atoms with Crippen molar-refractivity contribution in [1.82, 2.24) is 9.21 Å². The number of rotatable bonds is 5. The SMILES string of the molecule is CN1CCN(S(=O)(=O)c2ccccc2S(=O)(=O)C(F)F)C(c2ccccc2)C1. The number of halogens is 2. The van der Waals surface area contributed by atoms with E-state index in [1.165, 1.54) is 16.4 Å². The van der Waals surface area contributed by atoms with Gasteiger partial charge in [-0.2, -0.15) is 13.1 Å². The molecule has 28 heavy (non-hydrogen) atoms. The lowest BCUT2D eigenvalue weighted by Gasteiger charge is -2.39. The van der Waals surface area contributed by atoms with Crippen molar-refractivity contribution in [2.75, 3.05) is 26.7 Å². The molecule has 0 aromatic heterocycles. The first-order valence-electron chi connectivity index (χ1n) is 8.52. The first-order chi connectivity index (χ1) is 13.2. The molecule has 1 aliphatic heterocycles. The molecule has 0 bridgehead atoms. The quantitative estimate of drug-likeness (QED) is 0.728. The van der Waals surface area contributed by atoms with Crippen LogP contribution in [0.2, 0.25) is 0 Å². The minimum Gasteiger partial charge on any atom is -0.303 e. The summed E-state index contributed by atoms with van der Waals surface area (Å²) in [7, 11) is -7.55. The molecule has 0 radical (unpaired) electrons. The van der Waals surface area contributed by atoms with Crippen molar-refractivity contribution in [1.29, 1.82) is 0 Å². The van der Waals surface area contributed by atoms with Crippen LogP contribution in [0.5, 0.6) is 0 Å². The molecule has 0 N–H and O–H groups in total. The average molecular weight is 430 g/mol. The Bertz CT molecular complexity index is 1040. The predicted octanol–water partition coefficient (Wildman–Crippen LogP) is 2.36. The highest BCUT2D eigenvalue weighted by Crippen LogP contribution is 2.34. The number of sulfone groups is 1. The third-order valence-electron chi connectivity index (χ3n) is 4.70. The fourth-order valence-corrected chi connectivity index (χ4v) is 6.40. The molecule has 1 fully saturated rings. The van der Waals surface area contributed by atoms with Gasteiger partial charge in [-0.15, -0.1) is 0 Å². The topological polar surface area (TPSA) is 74.8 Å². The highest BCUT2D eigenvalue weighted by atomic mass is 32.2. The maximum absolute atomic E-state index is 13.4. The summed E-state index contributed by atoms with van der Waals surface area (Å²) in [6.07, 6.45) is 0. The summed E-state index contributed by atoms with van der Waals surface area (Å²) in [5, 5.41) is 0. The minimum absolute atomic E-state index is 0.113. The minimum atomic E-state index is -5.07. The number of hydrogen-bond acceptors (Lipinski definition) is 5. The molecule has 0 aliphatic carbocycles. The maximum atomic E-state index is 13.4. The van der Waals surface area contributed by atoms with E-state index in [1.54, 1.807) is 30.3 Å². The third kappa shape index (κ3) is 3.82. The standard InChI is InChI=1S/C18H20F2N2O4S2/c1-21-11-12-22(15(13-21)14-7-3-2-4-8-14)28(25,26)17-10-6-5-9-16(17)27(23,24)18(19)20/h2-10,15,18H,11-13H2,1H3. The van der Waals surface area contributed by atoms with E-state index in [4.69, 9.17) is 0 Å². The van der Waals surface area contributed by atoms with E-state index < -0.39 is 41.5 Å². The van der Waals surface area contributed by atoms with Crippen LogP contribution in [-0.4, -0.2) is 58.5 Å². The normalized spacial score (nSPS) is 19.8. The number of nitrogens with zero attached hydrogens (tertiary/aromatic N) is 2. The van der Waals surface area contributed by atoms with Crippen molar-refractivity contribution in [2.45, 2.75) is 21.6 Å². The summed E-state index contributed by atoms with van der Waals surface area (Å²) in [5.41, 5.74) is 0.742. The van der Waals surface area contributed by atoms with Crippen molar-refractivity contribution >= 4 is 19.9 Å². The number of benzene rings is 2. The molecule has 152 valence electrons. The van der Waals surface area contributed by atoms with Gasteiger partial charge in [0.2, 0.25) is 19.9 Å². The van der Waals surface area contributed by atoms with Gasteiger partial charge in [0, 0.05) is 19.6 Å². The van der Waals surface area contributed by atoms with Crippen LogP contribution in [0.15, 0.2) is 64.4 Å². The highest BCUT2D eigenvalue weighted by molar-refractivity contribution is 7.93. The van der Waals surface area contributed by atoms with Gasteiger partial charge < -0.3 is 4.90 Å². The van der Waals surface area contributed by atoms with Crippen molar-refractivity contribution in [3.63, 3.8) is 0 Å². The third-order valence-corrected chi connectivity index (χ3v) is 8.23. The van der Waals surface area contributed by atoms with E-state index in [2.05, 4.69) is 0 Å². The predicted molar refractivity (Wildman–Crippen MR) is 100 cm³/mol. The maximum Gasteiger partial charge on any atom is 0.341 e. The second-order valence-corrected chi connectivity index (χ2v) is 10.3. The van der Waals surface area contributed by atoms with Crippen molar-refractivity contribution in [2.24, 2.45) is 0 Å². The Morgan fingerprint density at radius 1 is 0.893 bits per heavy atom. The number of likely N-dealkylation sites (N-methyl/N-ethyl adjacent to an activating group) is 1. The molecule has 6 nitrogen and oxygen atoms in total. The average Bonchev–Trinajstić information content (AvgIpc) is 2.68. The molecule has 1 aliphatic rings. The van der Waals surface area contributed by atoms with Crippen molar-refractivity contribution in [3.8, 4) is 0 Å². The van der Waals surface area contributed by atoms with Crippen LogP contribution >= 0.6 is 0 Å². The number of piperazine rings is 1. The van der Waals surface area contributed by atoms with Gasteiger partial charge in [-0.3, -0.25) is 0 Å². The van der Waals surface area contributed by atoms with E-state index in [9.17, 15) is 25.6 Å². The van der Waals surface area contributed by atoms with Gasteiger partial charge in [0.25, 0.3) is 0 Å². The van der Waals surface area contributed by atoms with E-state index in [0.29, 0.717) is 13.1 Å². The van der Waals surface area contributed by atoms with Crippen LogP contribution < -0.4 is 0 Å². The second-order valence-electron chi connectivity index (χ2n) is 6.56. The fourth-order valence-electron chi connectivity index (χ4n) is 3.26. The molecule has 0 saturated carbocycles. The van der Waals surface area contributed by atoms with Gasteiger partial charge in [-0.1, -0.05) is 42.5 Å². The van der Waals surface area contributed by atoms with Gasteiger partial charge in [-0.05, 0) is 24.7 Å². The molecular weight excluding hydrogens is 410 g/mol. The van der Waals surface area contributed by atoms with Gasteiger partial charge in [0.15, 0.2) is 0 Å². The van der Waals surface area contributed by atoms with Crippen LogP contribution in [0.3, 0.4) is 0 Å². The Kier molecular flexibility index (Phi) is 5.85. The van der Waals surface area contributed by atoms with E-state index in [-0.39, 0.29) is 6.54 Å². The van der Waals surface area contributed by atoms with E-state index in [0.717, 1.165) is 17.7 Å². The summed E-state index contributed by atoms with van der Waals surface area (Å²) in [5.74, 6) is -3.71. The number of alkyl halides is 2. The summed E-state index contributed by atoms with van der Waals surface area (Å²) < 4.78 is 78.2. The zero-order valence-electron chi connectivity index (χ0n) is 15.1. The van der Waals surface area contributed by atoms with Crippen LogP contribution in [0.4, 0.5) is 8.78 Å². The largest absolute Gasteiger partial charge is 0.341 e. The summed E-state index contributed by atoms with van der Waals surface area (Å²) in [6, 6.07) is 12.9. The first-order valence-corrected chi connectivity index (χ1v) is 11.5. The number of sulfonamides is 1. The zero-order chi connectivity index (χ0) is 20.5. The van der Waals surface area contributed by atoms with E-state index in [1.807, 2.05) is 11.9 Å². The molecule has 0 spiro atoms. The van der Waals surface area contributed by atoms with Crippen molar-refractivity contribution in [3.05, 3.63) is 60.2 Å². The smallest absolute Gasteiger partial charge is 0.303 e. The fraction of sp³-hybridized carbons (Fsp3) is 0.333. The molecule has 1 saturated heterocycles. The van der Waals surface area contributed by atoms with Crippen LogP contribution in [0.25, 0.3) is 0 Å². The molecule has 2 aromatic rings. The Hall–Kier alpha value is -1.88. The molecule has 1 heterocycles. The lowest BCUT2D eigenvalue weighted by Crippen LogP contribution is -2.49. The van der Waals surface area contributed by atoms with Crippen LogP contribution in [0.1, 0.15) is 11.6 Å². The number of hydrogen-bond donors (Lipinski definition) is 0. The monoisotopic (exact) mass is 430 g/mol. The second kappa shape index (κ2) is 7.86. The van der Waals surface area contributed by atoms with Crippen molar-refractivity contribution < 1.29 is 25.6 Å².